The first kappa shape index (κ1) is 8.04. The molecule has 0 aliphatic carbocycles. The summed E-state index contributed by atoms with van der Waals surface area (Å²) < 4.78 is 4.88. The third-order valence-corrected chi connectivity index (χ3v) is 2.07. The van der Waals surface area contributed by atoms with E-state index in [0.29, 0.717) is 6.41 Å². The average Bonchev–Trinajstić information content (AvgIpc) is 2.17. The van der Waals surface area contributed by atoms with Crippen LogP contribution in [0.3, 0.4) is 0 Å². The second kappa shape index (κ2) is 2.90. The zero-order valence-electron chi connectivity index (χ0n) is 6.53. The number of ether oxygens (including phenoxy) is 1. The molecule has 0 aromatic rings. The third-order valence-electron chi connectivity index (χ3n) is 2.07. The van der Waals surface area contributed by atoms with E-state index < -0.39 is 6.04 Å². The van der Waals surface area contributed by atoms with Gasteiger partial charge in [-0.05, 0) is 6.92 Å². The molecule has 1 aliphatic heterocycles. The summed E-state index contributed by atoms with van der Waals surface area (Å²) in [5.41, 5.74) is 0. The van der Waals surface area contributed by atoms with Crippen LogP contribution >= 0.6 is 0 Å². The standard InChI is InChI=1S/C7H11NO3/c1-4-5(2)11-7(10)6(4)8-3-9/h3-6H,1-2H3,(H,8,9)/t4-,5-,6-/m0/s1. The molecule has 0 aromatic carbocycles. The van der Waals surface area contributed by atoms with Crippen LogP contribution in [0, 0.1) is 5.92 Å². The first-order valence-corrected chi connectivity index (χ1v) is 3.57. The Morgan fingerprint density at radius 3 is 2.55 bits per heavy atom. The highest BCUT2D eigenvalue weighted by Crippen LogP contribution is 2.20. The zero-order valence-corrected chi connectivity index (χ0v) is 6.53. The van der Waals surface area contributed by atoms with Crippen molar-refractivity contribution in [2.75, 3.05) is 0 Å². The highest BCUT2D eigenvalue weighted by molar-refractivity contribution is 5.80. The minimum Gasteiger partial charge on any atom is -0.461 e. The van der Waals surface area contributed by atoms with E-state index in [1.54, 1.807) is 0 Å². The van der Waals surface area contributed by atoms with Crippen LogP contribution in [0.1, 0.15) is 13.8 Å². The van der Waals surface area contributed by atoms with Crippen LogP contribution in [-0.4, -0.2) is 24.5 Å². The first-order valence-electron chi connectivity index (χ1n) is 3.57. The van der Waals surface area contributed by atoms with Crippen LogP contribution in [-0.2, 0) is 14.3 Å². The Bertz CT molecular complexity index is 181. The molecule has 0 spiro atoms. The van der Waals surface area contributed by atoms with E-state index in [2.05, 4.69) is 5.32 Å². The summed E-state index contributed by atoms with van der Waals surface area (Å²) >= 11 is 0. The second-order valence-corrected chi connectivity index (χ2v) is 2.76. The molecule has 0 unspecified atom stereocenters. The van der Waals surface area contributed by atoms with E-state index in [-0.39, 0.29) is 18.0 Å². The highest BCUT2D eigenvalue weighted by atomic mass is 16.6. The number of rotatable bonds is 2. The van der Waals surface area contributed by atoms with E-state index in [0.717, 1.165) is 0 Å². The fourth-order valence-corrected chi connectivity index (χ4v) is 1.14. The lowest BCUT2D eigenvalue weighted by molar-refractivity contribution is -0.143. The molecule has 4 nitrogen and oxygen atoms in total. The van der Waals surface area contributed by atoms with Crippen molar-refractivity contribution >= 4 is 12.4 Å². The number of hydrogen-bond donors (Lipinski definition) is 1. The summed E-state index contributed by atoms with van der Waals surface area (Å²) in [5.74, 6) is -0.273. The maximum absolute atomic E-state index is 10.9. The lowest BCUT2D eigenvalue weighted by Crippen LogP contribution is -2.37. The van der Waals surface area contributed by atoms with Crippen molar-refractivity contribution < 1.29 is 14.3 Å². The Balaban J connectivity index is 2.63. The van der Waals surface area contributed by atoms with Crippen molar-refractivity contribution in [2.24, 2.45) is 5.92 Å². The number of carbonyl (C=O) groups is 2. The molecule has 11 heavy (non-hydrogen) atoms. The molecule has 4 heteroatoms. The van der Waals surface area contributed by atoms with Gasteiger partial charge in [0.2, 0.25) is 6.41 Å². The Morgan fingerprint density at radius 1 is 1.55 bits per heavy atom. The van der Waals surface area contributed by atoms with Gasteiger partial charge in [-0.25, -0.2) is 4.79 Å². The van der Waals surface area contributed by atoms with E-state index in [9.17, 15) is 9.59 Å². The molecule has 0 saturated carbocycles. The monoisotopic (exact) mass is 157 g/mol. The second-order valence-electron chi connectivity index (χ2n) is 2.76. The summed E-state index contributed by atoms with van der Waals surface area (Å²) in [7, 11) is 0. The van der Waals surface area contributed by atoms with Crippen molar-refractivity contribution in [2.45, 2.75) is 26.0 Å². The number of cyclic esters (lactones) is 1. The molecular formula is C7H11NO3. The van der Waals surface area contributed by atoms with E-state index in [1.807, 2.05) is 13.8 Å². The lowest BCUT2D eigenvalue weighted by Gasteiger charge is -2.10. The van der Waals surface area contributed by atoms with Crippen molar-refractivity contribution in [3.63, 3.8) is 0 Å². The Labute approximate surface area is 64.9 Å². The van der Waals surface area contributed by atoms with Gasteiger partial charge in [-0.3, -0.25) is 4.79 Å². The molecule has 1 heterocycles. The van der Waals surface area contributed by atoms with Crippen LogP contribution in [0.2, 0.25) is 0 Å². The fourth-order valence-electron chi connectivity index (χ4n) is 1.14. The van der Waals surface area contributed by atoms with E-state index in [4.69, 9.17) is 4.74 Å². The van der Waals surface area contributed by atoms with Crippen molar-refractivity contribution in [1.82, 2.24) is 5.32 Å². The number of esters is 1. The average molecular weight is 157 g/mol. The topological polar surface area (TPSA) is 55.4 Å². The fraction of sp³-hybridized carbons (Fsp3) is 0.714. The van der Waals surface area contributed by atoms with Gasteiger partial charge < -0.3 is 10.1 Å². The van der Waals surface area contributed by atoms with Crippen LogP contribution in [0.25, 0.3) is 0 Å². The smallest absolute Gasteiger partial charge is 0.329 e. The summed E-state index contributed by atoms with van der Waals surface area (Å²) in [6.07, 6.45) is 0.431. The molecular weight excluding hydrogens is 146 g/mol. The maximum Gasteiger partial charge on any atom is 0.329 e. The Kier molecular flexibility index (Phi) is 2.12. The van der Waals surface area contributed by atoms with Gasteiger partial charge in [-0.1, -0.05) is 6.92 Å². The van der Waals surface area contributed by atoms with Crippen LogP contribution in [0.4, 0.5) is 0 Å². The molecule has 1 saturated heterocycles. The molecule has 1 fully saturated rings. The van der Waals surface area contributed by atoms with Crippen molar-refractivity contribution in [1.29, 1.82) is 0 Å². The summed E-state index contributed by atoms with van der Waals surface area (Å²) in [6, 6.07) is -0.456. The predicted molar refractivity (Wildman–Crippen MR) is 37.7 cm³/mol. The minimum atomic E-state index is -0.456. The summed E-state index contributed by atoms with van der Waals surface area (Å²) in [4.78, 5) is 21.0. The van der Waals surface area contributed by atoms with E-state index in [1.165, 1.54) is 0 Å². The molecule has 0 bridgehead atoms. The number of nitrogens with one attached hydrogen (secondary N) is 1. The molecule has 1 amide bonds. The normalized spacial score (nSPS) is 36.5. The van der Waals surface area contributed by atoms with Gasteiger partial charge in [0, 0.05) is 5.92 Å². The maximum atomic E-state index is 10.9. The summed E-state index contributed by atoms with van der Waals surface area (Å²) in [6.45, 7) is 3.69. The van der Waals surface area contributed by atoms with Gasteiger partial charge in [0.05, 0.1) is 0 Å². The van der Waals surface area contributed by atoms with Crippen LogP contribution in [0.15, 0.2) is 0 Å². The van der Waals surface area contributed by atoms with Crippen molar-refractivity contribution in [3.8, 4) is 0 Å². The molecule has 62 valence electrons. The van der Waals surface area contributed by atoms with E-state index >= 15 is 0 Å². The molecule has 1 aliphatic rings. The summed E-state index contributed by atoms with van der Waals surface area (Å²) in [5, 5.41) is 2.42. The van der Waals surface area contributed by atoms with Gasteiger partial charge in [0.25, 0.3) is 0 Å². The van der Waals surface area contributed by atoms with Crippen molar-refractivity contribution in [3.05, 3.63) is 0 Å². The predicted octanol–water partition coefficient (Wildman–Crippen LogP) is -0.318. The molecule has 1 N–H and O–H groups in total. The molecule has 3 atom stereocenters. The number of hydrogen-bond acceptors (Lipinski definition) is 3. The Hall–Kier alpha value is -1.06. The molecule has 0 radical (unpaired) electrons. The number of carbonyl (C=O) groups excluding carboxylic acids is 2. The van der Waals surface area contributed by atoms with Crippen LogP contribution in [0.5, 0.6) is 0 Å². The van der Waals surface area contributed by atoms with Crippen LogP contribution < -0.4 is 5.32 Å². The molecule has 1 rings (SSSR count). The highest BCUT2D eigenvalue weighted by Gasteiger charge is 2.38. The molecule has 0 aromatic heterocycles. The first-order chi connectivity index (χ1) is 5.16. The SMILES string of the molecule is C[C@H]1[C@H](C)OC(=O)[C@H]1NC=O. The number of amides is 1. The largest absolute Gasteiger partial charge is 0.461 e. The van der Waals surface area contributed by atoms with Gasteiger partial charge >= 0.3 is 5.97 Å². The Morgan fingerprint density at radius 2 is 2.18 bits per heavy atom. The van der Waals surface area contributed by atoms with Gasteiger partial charge in [0.15, 0.2) is 0 Å². The zero-order chi connectivity index (χ0) is 8.43. The van der Waals surface area contributed by atoms with Gasteiger partial charge in [-0.15, -0.1) is 0 Å². The third kappa shape index (κ3) is 1.34. The minimum absolute atomic E-state index is 0.0627. The quantitative estimate of drug-likeness (QED) is 0.441. The van der Waals surface area contributed by atoms with Gasteiger partial charge in [0.1, 0.15) is 12.1 Å². The lowest BCUT2D eigenvalue weighted by atomic mass is 10.0. The van der Waals surface area contributed by atoms with Gasteiger partial charge in [-0.2, -0.15) is 0 Å².